The van der Waals surface area contributed by atoms with Crippen molar-refractivity contribution in [1.29, 1.82) is 0 Å². The largest absolute Gasteiger partial charge is 0.478 e. The van der Waals surface area contributed by atoms with Crippen LogP contribution in [0.5, 0.6) is 5.88 Å². The number of nitrogens with one attached hydrogen (secondary N) is 1. The second-order valence-corrected chi connectivity index (χ2v) is 7.31. The number of ether oxygens (including phenoxy) is 1. The predicted octanol–water partition coefficient (Wildman–Crippen LogP) is 3.12. The first-order valence-corrected chi connectivity index (χ1v) is 10.3. The molecule has 1 aliphatic rings. The summed E-state index contributed by atoms with van der Waals surface area (Å²) in [4.78, 5) is 15.8. The minimum absolute atomic E-state index is 0.414. The highest BCUT2D eigenvalue weighted by molar-refractivity contribution is 5.80. The van der Waals surface area contributed by atoms with Gasteiger partial charge in [0.2, 0.25) is 5.88 Å². The van der Waals surface area contributed by atoms with Crippen LogP contribution in [0, 0.1) is 5.92 Å². The topological polar surface area (TPSA) is 67.6 Å². The quantitative estimate of drug-likeness (QED) is 0.587. The Bertz CT molecular complexity index is 728. The molecule has 0 saturated carbocycles. The number of aliphatic imine (C=N–C) groups is 1. The van der Waals surface area contributed by atoms with Crippen molar-refractivity contribution in [3.63, 3.8) is 0 Å². The Morgan fingerprint density at radius 3 is 2.93 bits per heavy atom. The Morgan fingerprint density at radius 2 is 2.25 bits per heavy atom. The number of likely N-dealkylation sites (tertiary alicyclic amines) is 1. The number of nitrogens with zero attached hydrogens (tertiary/aromatic N) is 5. The molecule has 3 rings (SSSR count). The maximum absolute atomic E-state index is 5.55. The molecule has 1 fully saturated rings. The molecule has 2 aromatic rings. The van der Waals surface area contributed by atoms with Crippen molar-refractivity contribution in [2.75, 3.05) is 26.2 Å². The lowest BCUT2D eigenvalue weighted by Crippen LogP contribution is -2.49. The summed E-state index contributed by atoms with van der Waals surface area (Å²) in [5.41, 5.74) is 1.08. The summed E-state index contributed by atoms with van der Waals surface area (Å²) >= 11 is 0. The van der Waals surface area contributed by atoms with E-state index in [1.807, 2.05) is 30.9 Å². The average Bonchev–Trinajstić information content (AvgIpc) is 3.25. The van der Waals surface area contributed by atoms with Crippen LogP contribution >= 0.6 is 0 Å². The SMILES string of the molecule is CCCOc1ccc(CN=C(NCC)N2CCC(C)C(n3ccnc3)C2)cn1. The van der Waals surface area contributed by atoms with Gasteiger partial charge in [-0.25, -0.2) is 15.0 Å². The third-order valence-electron chi connectivity index (χ3n) is 5.12. The molecule has 0 radical (unpaired) electrons. The maximum Gasteiger partial charge on any atom is 0.213 e. The number of hydrogen-bond acceptors (Lipinski definition) is 4. The molecule has 2 atom stereocenters. The first kappa shape index (κ1) is 20.2. The Balaban J connectivity index is 1.66. The Labute approximate surface area is 167 Å². The first-order chi connectivity index (χ1) is 13.7. The fourth-order valence-electron chi connectivity index (χ4n) is 3.48. The lowest BCUT2D eigenvalue weighted by Gasteiger charge is -2.39. The third kappa shape index (κ3) is 5.24. The van der Waals surface area contributed by atoms with Crippen LogP contribution in [0.1, 0.15) is 45.2 Å². The smallest absolute Gasteiger partial charge is 0.213 e. The van der Waals surface area contributed by atoms with Gasteiger partial charge < -0.3 is 19.5 Å². The van der Waals surface area contributed by atoms with E-state index in [1.54, 1.807) is 0 Å². The molecular formula is C21H32N6O. The van der Waals surface area contributed by atoms with E-state index in [9.17, 15) is 0 Å². The third-order valence-corrected chi connectivity index (χ3v) is 5.12. The molecule has 0 spiro atoms. The number of hydrogen-bond donors (Lipinski definition) is 1. The van der Waals surface area contributed by atoms with E-state index in [2.05, 4.69) is 51.7 Å². The summed E-state index contributed by atoms with van der Waals surface area (Å²) in [5.74, 6) is 2.26. The van der Waals surface area contributed by atoms with E-state index < -0.39 is 0 Å². The van der Waals surface area contributed by atoms with Crippen LogP contribution in [0.15, 0.2) is 42.0 Å². The van der Waals surface area contributed by atoms with E-state index >= 15 is 0 Å². The summed E-state index contributed by atoms with van der Waals surface area (Å²) in [7, 11) is 0. The Hall–Kier alpha value is -2.57. The first-order valence-electron chi connectivity index (χ1n) is 10.3. The van der Waals surface area contributed by atoms with Crippen molar-refractivity contribution in [1.82, 2.24) is 24.8 Å². The highest BCUT2D eigenvalue weighted by atomic mass is 16.5. The highest BCUT2D eigenvalue weighted by Gasteiger charge is 2.28. The van der Waals surface area contributed by atoms with E-state index in [4.69, 9.17) is 9.73 Å². The average molecular weight is 385 g/mol. The molecule has 3 heterocycles. The van der Waals surface area contributed by atoms with Gasteiger partial charge in [0.1, 0.15) is 0 Å². The van der Waals surface area contributed by atoms with Crippen LogP contribution in [0.3, 0.4) is 0 Å². The molecule has 0 aromatic carbocycles. The zero-order valence-corrected chi connectivity index (χ0v) is 17.2. The molecule has 2 unspecified atom stereocenters. The van der Waals surface area contributed by atoms with Crippen LogP contribution in [-0.2, 0) is 6.54 Å². The number of guanidine groups is 1. The minimum Gasteiger partial charge on any atom is -0.478 e. The lowest BCUT2D eigenvalue weighted by atomic mass is 9.93. The second kappa shape index (κ2) is 10.1. The van der Waals surface area contributed by atoms with Crippen molar-refractivity contribution in [2.45, 2.75) is 46.2 Å². The van der Waals surface area contributed by atoms with Crippen LogP contribution in [0.2, 0.25) is 0 Å². The van der Waals surface area contributed by atoms with Gasteiger partial charge in [-0.2, -0.15) is 0 Å². The number of pyridine rings is 1. The van der Waals surface area contributed by atoms with Crippen molar-refractivity contribution in [3.05, 3.63) is 42.6 Å². The van der Waals surface area contributed by atoms with Crippen LogP contribution < -0.4 is 10.1 Å². The molecule has 152 valence electrons. The van der Waals surface area contributed by atoms with E-state index in [1.165, 1.54) is 0 Å². The molecule has 2 aromatic heterocycles. The summed E-state index contributed by atoms with van der Waals surface area (Å²) < 4.78 is 7.77. The fraction of sp³-hybridized carbons (Fsp3) is 0.571. The van der Waals surface area contributed by atoms with E-state index in [-0.39, 0.29) is 0 Å². The van der Waals surface area contributed by atoms with Crippen molar-refractivity contribution in [3.8, 4) is 5.88 Å². The molecule has 28 heavy (non-hydrogen) atoms. The van der Waals surface area contributed by atoms with Gasteiger partial charge in [0.25, 0.3) is 0 Å². The Morgan fingerprint density at radius 1 is 1.36 bits per heavy atom. The number of imidazole rings is 1. The molecule has 7 heteroatoms. The van der Waals surface area contributed by atoms with E-state index in [0.717, 1.165) is 44.0 Å². The molecule has 1 aliphatic heterocycles. The number of aromatic nitrogens is 3. The standard InChI is InChI=1S/C21H32N6O/c1-4-12-28-20-7-6-18(13-24-20)14-25-21(23-5-2)26-10-8-17(3)19(15-26)27-11-9-22-16-27/h6-7,9,11,13,16-17,19H,4-5,8,10,12,14-15H2,1-3H3,(H,23,25). The van der Waals surface area contributed by atoms with Crippen molar-refractivity contribution in [2.24, 2.45) is 10.9 Å². The maximum atomic E-state index is 5.55. The molecule has 0 aliphatic carbocycles. The molecule has 0 amide bonds. The van der Waals surface area contributed by atoms with Crippen molar-refractivity contribution < 1.29 is 4.74 Å². The summed E-state index contributed by atoms with van der Waals surface area (Å²) in [5, 5.41) is 3.45. The fourth-order valence-corrected chi connectivity index (χ4v) is 3.48. The van der Waals surface area contributed by atoms with Crippen LogP contribution in [-0.4, -0.2) is 51.6 Å². The van der Waals surface area contributed by atoms with E-state index in [0.29, 0.717) is 31.0 Å². The van der Waals surface area contributed by atoms with Crippen LogP contribution in [0.25, 0.3) is 0 Å². The monoisotopic (exact) mass is 384 g/mol. The predicted molar refractivity (Wildman–Crippen MR) is 111 cm³/mol. The lowest BCUT2D eigenvalue weighted by molar-refractivity contribution is 0.189. The summed E-state index contributed by atoms with van der Waals surface area (Å²) in [6.45, 7) is 10.6. The number of rotatable bonds is 7. The molecule has 1 N–H and O–H groups in total. The zero-order chi connectivity index (χ0) is 19.8. The van der Waals surface area contributed by atoms with Gasteiger partial charge in [-0.3, -0.25) is 0 Å². The Kier molecular flexibility index (Phi) is 7.28. The van der Waals surface area contributed by atoms with Gasteiger partial charge in [0.15, 0.2) is 5.96 Å². The summed E-state index contributed by atoms with van der Waals surface area (Å²) in [6.07, 6.45) is 9.80. The zero-order valence-electron chi connectivity index (χ0n) is 17.2. The molecule has 7 nitrogen and oxygen atoms in total. The van der Waals surface area contributed by atoms with Gasteiger partial charge in [0, 0.05) is 44.3 Å². The van der Waals surface area contributed by atoms with Gasteiger partial charge in [0.05, 0.1) is 25.5 Å². The minimum atomic E-state index is 0.414. The molecule has 1 saturated heterocycles. The van der Waals surface area contributed by atoms with Crippen LogP contribution in [0.4, 0.5) is 0 Å². The summed E-state index contributed by atoms with van der Waals surface area (Å²) in [6, 6.07) is 4.37. The van der Waals surface area contributed by atoms with Gasteiger partial charge in [-0.15, -0.1) is 0 Å². The van der Waals surface area contributed by atoms with Gasteiger partial charge >= 0.3 is 0 Å². The normalized spacial score (nSPS) is 20.2. The van der Waals surface area contributed by atoms with Crippen molar-refractivity contribution >= 4 is 5.96 Å². The highest BCUT2D eigenvalue weighted by Crippen LogP contribution is 2.27. The molecule has 0 bridgehead atoms. The second-order valence-electron chi connectivity index (χ2n) is 7.31. The van der Waals surface area contributed by atoms with Gasteiger partial charge in [-0.1, -0.05) is 19.9 Å². The van der Waals surface area contributed by atoms with Gasteiger partial charge in [-0.05, 0) is 31.2 Å². The number of piperidine rings is 1. The molecular weight excluding hydrogens is 352 g/mol.